The number of nitrogens with two attached hydrogens (primary N) is 1. The Kier molecular flexibility index (Phi) is 4.33. The summed E-state index contributed by atoms with van der Waals surface area (Å²) in [6.45, 7) is 0.863. The smallest absolute Gasteiger partial charge is 0.253 e. The molecule has 1 unspecified atom stereocenters. The lowest BCUT2D eigenvalue weighted by atomic mass is 10.1. The molecule has 1 aliphatic rings. The molecule has 20 heavy (non-hydrogen) atoms. The largest absolute Gasteiger partial charge is 0.344 e. The van der Waals surface area contributed by atoms with Crippen molar-refractivity contribution in [3.63, 3.8) is 0 Å². The SMILES string of the molecule is CN1CCC(NC(=O)c2ccncc2C#CCN)C1=O. The molecule has 6 heteroatoms. The average Bonchev–Trinajstić information content (AvgIpc) is 2.77. The molecule has 0 spiro atoms. The molecule has 0 bridgehead atoms. The van der Waals surface area contributed by atoms with Crippen molar-refractivity contribution >= 4 is 11.8 Å². The standard InChI is InChI=1S/C14H16N4O2/c1-18-8-5-12(14(18)20)17-13(19)11-4-7-16-9-10(11)3-2-6-15/h4,7,9,12H,5-6,8,15H2,1H3,(H,17,19). The molecule has 0 radical (unpaired) electrons. The third-order valence-electron chi connectivity index (χ3n) is 3.12. The van der Waals surface area contributed by atoms with Gasteiger partial charge in [0, 0.05) is 26.0 Å². The fourth-order valence-corrected chi connectivity index (χ4v) is 2.03. The molecule has 1 aromatic heterocycles. The van der Waals surface area contributed by atoms with Crippen molar-refractivity contribution in [1.82, 2.24) is 15.2 Å². The van der Waals surface area contributed by atoms with Crippen molar-refractivity contribution in [3.05, 3.63) is 29.6 Å². The number of rotatable bonds is 2. The summed E-state index contributed by atoms with van der Waals surface area (Å²) >= 11 is 0. The van der Waals surface area contributed by atoms with E-state index in [2.05, 4.69) is 22.1 Å². The summed E-state index contributed by atoms with van der Waals surface area (Å²) in [4.78, 5) is 29.6. The van der Waals surface area contributed by atoms with E-state index in [0.717, 1.165) is 0 Å². The van der Waals surface area contributed by atoms with E-state index in [4.69, 9.17) is 5.73 Å². The summed E-state index contributed by atoms with van der Waals surface area (Å²) < 4.78 is 0. The highest BCUT2D eigenvalue weighted by atomic mass is 16.2. The van der Waals surface area contributed by atoms with Crippen LogP contribution in [0.15, 0.2) is 18.5 Å². The molecule has 1 aliphatic heterocycles. The fraction of sp³-hybridized carbons (Fsp3) is 0.357. The van der Waals surface area contributed by atoms with Crippen molar-refractivity contribution in [2.24, 2.45) is 5.73 Å². The Morgan fingerprint density at radius 2 is 2.45 bits per heavy atom. The van der Waals surface area contributed by atoms with Gasteiger partial charge in [0.05, 0.1) is 17.7 Å². The normalized spacial score (nSPS) is 17.6. The van der Waals surface area contributed by atoms with E-state index in [1.165, 1.54) is 12.4 Å². The summed E-state index contributed by atoms with van der Waals surface area (Å²) in [7, 11) is 1.72. The fourth-order valence-electron chi connectivity index (χ4n) is 2.03. The first-order valence-corrected chi connectivity index (χ1v) is 6.32. The van der Waals surface area contributed by atoms with Crippen LogP contribution in [0, 0.1) is 11.8 Å². The van der Waals surface area contributed by atoms with Crippen LogP contribution in [0.2, 0.25) is 0 Å². The number of nitrogens with one attached hydrogen (secondary N) is 1. The Morgan fingerprint density at radius 1 is 1.65 bits per heavy atom. The van der Waals surface area contributed by atoms with Crippen LogP contribution < -0.4 is 11.1 Å². The van der Waals surface area contributed by atoms with Gasteiger partial charge in [-0.2, -0.15) is 0 Å². The molecular formula is C14H16N4O2. The summed E-state index contributed by atoms with van der Waals surface area (Å²) in [6.07, 6.45) is 3.65. The highest BCUT2D eigenvalue weighted by molar-refractivity contribution is 5.99. The number of hydrogen-bond donors (Lipinski definition) is 2. The minimum absolute atomic E-state index is 0.0676. The molecule has 1 fully saturated rings. The molecule has 1 atom stereocenters. The molecule has 2 amide bonds. The number of carbonyl (C=O) groups is 2. The van der Waals surface area contributed by atoms with Crippen molar-refractivity contribution in [2.75, 3.05) is 20.1 Å². The lowest BCUT2D eigenvalue weighted by molar-refractivity contribution is -0.128. The molecule has 0 aromatic carbocycles. The molecule has 3 N–H and O–H groups in total. The molecule has 1 saturated heterocycles. The summed E-state index contributed by atoms with van der Waals surface area (Å²) in [6, 6.07) is 1.12. The van der Waals surface area contributed by atoms with E-state index in [1.54, 1.807) is 18.0 Å². The van der Waals surface area contributed by atoms with Crippen molar-refractivity contribution in [1.29, 1.82) is 0 Å². The van der Waals surface area contributed by atoms with Crippen molar-refractivity contribution in [2.45, 2.75) is 12.5 Å². The summed E-state index contributed by atoms with van der Waals surface area (Å²) in [5.74, 6) is 5.11. The minimum atomic E-state index is -0.462. The number of aromatic nitrogens is 1. The molecule has 2 rings (SSSR count). The first-order chi connectivity index (χ1) is 9.63. The van der Waals surface area contributed by atoms with Crippen LogP contribution in [0.25, 0.3) is 0 Å². The molecule has 104 valence electrons. The van der Waals surface area contributed by atoms with Crippen LogP contribution in [0.5, 0.6) is 0 Å². The molecule has 0 aliphatic carbocycles. The topological polar surface area (TPSA) is 88.3 Å². The number of likely N-dealkylation sites (tertiary alicyclic amines) is 1. The Morgan fingerprint density at radius 3 is 3.10 bits per heavy atom. The van der Waals surface area contributed by atoms with Gasteiger partial charge in [0.2, 0.25) is 5.91 Å². The second-order valence-corrected chi connectivity index (χ2v) is 4.50. The van der Waals surface area contributed by atoms with Crippen LogP contribution in [-0.2, 0) is 4.79 Å². The van der Waals surface area contributed by atoms with Crippen LogP contribution >= 0.6 is 0 Å². The van der Waals surface area contributed by atoms with E-state index in [9.17, 15) is 9.59 Å². The van der Waals surface area contributed by atoms with Crippen LogP contribution in [0.4, 0.5) is 0 Å². The van der Waals surface area contributed by atoms with Gasteiger partial charge >= 0.3 is 0 Å². The van der Waals surface area contributed by atoms with Gasteiger partial charge in [-0.15, -0.1) is 0 Å². The number of nitrogens with zero attached hydrogens (tertiary/aromatic N) is 2. The Balaban J connectivity index is 2.15. The van der Waals surface area contributed by atoms with Gasteiger partial charge in [-0.05, 0) is 12.5 Å². The van der Waals surface area contributed by atoms with E-state index >= 15 is 0 Å². The quantitative estimate of drug-likeness (QED) is 0.700. The maximum absolute atomic E-state index is 12.2. The summed E-state index contributed by atoms with van der Waals surface area (Å²) in [5, 5.41) is 2.74. The Bertz CT molecular complexity index is 588. The molecule has 2 heterocycles. The number of carbonyl (C=O) groups excluding carboxylic acids is 2. The molecule has 1 aromatic rings. The third-order valence-corrected chi connectivity index (χ3v) is 3.12. The maximum atomic E-state index is 12.2. The molecule has 0 saturated carbocycles. The molecule has 6 nitrogen and oxygen atoms in total. The van der Waals surface area contributed by atoms with Gasteiger partial charge < -0.3 is 16.0 Å². The van der Waals surface area contributed by atoms with E-state index in [-0.39, 0.29) is 18.4 Å². The predicted octanol–water partition coefficient (Wildman–Crippen LogP) is -0.648. The predicted molar refractivity (Wildman–Crippen MR) is 73.7 cm³/mol. The van der Waals surface area contributed by atoms with Crippen molar-refractivity contribution in [3.8, 4) is 11.8 Å². The van der Waals surface area contributed by atoms with Crippen LogP contribution in [0.3, 0.4) is 0 Å². The zero-order chi connectivity index (χ0) is 14.5. The van der Waals surface area contributed by atoms with Gasteiger partial charge in [0.1, 0.15) is 6.04 Å². The van der Waals surface area contributed by atoms with Crippen LogP contribution in [-0.4, -0.2) is 47.9 Å². The lowest BCUT2D eigenvalue weighted by Gasteiger charge is -2.12. The maximum Gasteiger partial charge on any atom is 0.253 e. The van der Waals surface area contributed by atoms with E-state index < -0.39 is 6.04 Å². The van der Waals surface area contributed by atoms with Gasteiger partial charge in [-0.1, -0.05) is 11.8 Å². The van der Waals surface area contributed by atoms with Crippen LogP contribution in [0.1, 0.15) is 22.3 Å². The van der Waals surface area contributed by atoms with Crippen molar-refractivity contribution < 1.29 is 9.59 Å². The van der Waals surface area contributed by atoms with Gasteiger partial charge in [0.25, 0.3) is 5.91 Å². The number of likely N-dealkylation sites (N-methyl/N-ethyl adjacent to an activating group) is 1. The molecular weight excluding hydrogens is 256 g/mol. The first kappa shape index (κ1) is 14.0. The number of hydrogen-bond acceptors (Lipinski definition) is 4. The van der Waals surface area contributed by atoms with Gasteiger partial charge in [-0.3, -0.25) is 14.6 Å². The highest BCUT2D eigenvalue weighted by Gasteiger charge is 2.30. The third kappa shape index (κ3) is 2.95. The Hall–Kier alpha value is -2.39. The Labute approximate surface area is 117 Å². The lowest BCUT2D eigenvalue weighted by Crippen LogP contribution is -2.40. The minimum Gasteiger partial charge on any atom is -0.344 e. The van der Waals surface area contributed by atoms with Gasteiger partial charge in [0.15, 0.2) is 0 Å². The number of pyridine rings is 1. The van der Waals surface area contributed by atoms with Gasteiger partial charge in [-0.25, -0.2) is 0 Å². The second-order valence-electron chi connectivity index (χ2n) is 4.50. The average molecular weight is 272 g/mol. The van der Waals surface area contributed by atoms with E-state index in [1.807, 2.05) is 0 Å². The zero-order valence-corrected chi connectivity index (χ0v) is 11.2. The summed E-state index contributed by atoms with van der Waals surface area (Å²) in [5.41, 5.74) is 6.24. The monoisotopic (exact) mass is 272 g/mol. The second kappa shape index (κ2) is 6.17. The number of amides is 2. The van der Waals surface area contributed by atoms with E-state index in [0.29, 0.717) is 24.1 Å². The zero-order valence-electron chi connectivity index (χ0n) is 11.2. The first-order valence-electron chi connectivity index (χ1n) is 6.32. The highest BCUT2D eigenvalue weighted by Crippen LogP contribution is 2.11.